The summed E-state index contributed by atoms with van der Waals surface area (Å²) in [6.45, 7) is -0.482. The molecule has 106 valence electrons. The van der Waals surface area contributed by atoms with Crippen LogP contribution in [0.2, 0.25) is 0 Å². The maximum absolute atomic E-state index is 12.9. The Bertz CT molecular complexity index is 577. The normalized spacial score (nSPS) is 13.2. The third kappa shape index (κ3) is 4.23. The Balaban J connectivity index is 3.06. The predicted molar refractivity (Wildman–Crippen MR) is 67.5 cm³/mol. The molecule has 0 aliphatic rings. The van der Waals surface area contributed by atoms with Gasteiger partial charge in [0.05, 0.1) is 4.90 Å². The fourth-order valence-corrected chi connectivity index (χ4v) is 3.58. The van der Waals surface area contributed by atoms with Crippen LogP contribution in [0.3, 0.4) is 0 Å². The first-order valence-corrected chi connectivity index (χ1v) is 7.36. The Morgan fingerprint density at radius 2 is 2.11 bits per heavy atom. The SMILES string of the molecule is O=C(O)[C@H](CCO)NS(=O)(=O)c1ccc(F)cc1Br. The largest absolute Gasteiger partial charge is 0.480 e. The molecule has 0 bridgehead atoms. The average Bonchev–Trinajstić information content (AvgIpc) is 2.27. The van der Waals surface area contributed by atoms with Crippen LogP contribution in [0, 0.1) is 5.82 Å². The van der Waals surface area contributed by atoms with Gasteiger partial charge in [-0.05, 0) is 40.5 Å². The van der Waals surface area contributed by atoms with Crippen molar-refractivity contribution >= 4 is 31.9 Å². The van der Waals surface area contributed by atoms with Crippen molar-refractivity contribution in [2.45, 2.75) is 17.4 Å². The molecule has 1 aromatic carbocycles. The van der Waals surface area contributed by atoms with E-state index in [0.29, 0.717) is 0 Å². The number of aliphatic hydroxyl groups is 1. The van der Waals surface area contributed by atoms with Crippen molar-refractivity contribution in [3.63, 3.8) is 0 Å². The van der Waals surface area contributed by atoms with E-state index in [9.17, 15) is 17.6 Å². The van der Waals surface area contributed by atoms with E-state index in [-0.39, 0.29) is 15.8 Å². The van der Waals surface area contributed by atoms with E-state index >= 15 is 0 Å². The lowest BCUT2D eigenvalue weighted by Crippen LogP contribution is -2.41. The number of rotatable bonds is 6. The highest BCUT2D eigenvalue weighted by molar-refractivity contribution is 9.10. The van der Waals surface area contributed by atoms with Gasteiger partial charge >= 0.3 is 5.97 Å². The zero-order valence-corrected chi connectivity index (χ0v) is 11.9. The van der Waals surface area contributed by atoms with E-state index < -0.39 is 34.5 Å². The molecule has 1 aromatic rings. The first-order valence-electron chi connectivity index (χ1n) is 5.09. The maximum Gasteiger partial charge on any atom is 0.321 e. The quantitative estimate of drug-likeness (QED) is 0.696. The number of benzene rings is 1. The highest BCUT2D eigenvalue weighted by Crippen LogP contribution is 2.23. The number of aliphatic carboxylic acids is 1. The lowest BCUT2D eigenvalue weighted by Gasteiger charge is -2.14. The maximum atomic E-state index is 12.9. The number of carboxylic acid groups (broad SMARTS) is 1. The lowest BCUT2D eigenvalue weighted by atomic mass is 10.2. The minimum absolute atomic E-state index is 0.0202. The van der Waals surface area contributed by atoms with Gasteiger partial charge in [0, 0.05) is 11.1 Å². The lowest BCUT2D eigenvalue weighted by molar-refractivity contribution is -0.139. The van der Waals surface area contributed by atoms with Crippen LogP contribution in [-0.2, 0) is 14.8 Å². The Kier molecular flexibility index (Phi) is 5.41. The fraction of sp³-hybridized carbons (Fsp3) is 0.300. The number of aliphatic hydroxyl groups excluding tert-OH is 1. The van der Waals surface area contributed by atoms with Gasteiger partial charge in [0.25, 0.3) is 0 Å². The summed E-state index contributed by atoms with van der Waals surface area (Å²) in [5.41, 5.74) is 0. The van der Waals surface area contributed by atoms with Crippen LogP contribution < -0.4 is 4.72 Å². The van der Waals surface area contributed by atoms with Crippen LogP contribution in [0.1, 0.15) is 6.42 Å². The van der Waals surface area contributed by atoms with Crippen molar-refractivity contribution in [2.75, 3.05) is 6.61 Å². The molecule has 3 N–H and O–H groups in total. The summed E-state index contributed by atoms with van der Waals surface area (Å²) in [4.78, 5) is 10.5. The van der Waals surface area contributed by atoms with Crippen molar-refractivity contribution in [2.24, 2.45) is 0 Å². The van der Waals surface area contributed by atoms with Gasteiger partial charge in [-0.2, -0.15) is 4.72 Å². The molecular weight excluding hydrogens is 345 g/mol. The monoisotopic (exact) mass is 355 g/mol. The van der Waals surface area contributed by atoms with Crippen molar-refractivity contribution in [1.82, 2.24) is 4.72 Å². The van der Waals surface area contributed by atoms with E-state index in [4.69, 9.17) is 10.2 Å². The molecule has 0 spiro atoms. The smallest absolute Gasteiger partial charge is 0.321 e. The van der Waals surface area contributed by atoms with Crippen LogP contribution in [-0.4, -0.2) is 37.2 Å². The van der Waals surface area contributed by atoms with E-state index in [2.05, 4.69) is 15.9 Å². The number of sulfonamides is 1. The third-order valence-corrected chi connectivity index (χ3v) is 4.65. The summed E-state index contributed by atoms with van der Waals surface area (Å²) in [5.74, 6) is -2.04. The molecule has 0 radical (unpaired) electrons. The number of nitrogens with one attached hydrogen (secondary N) is 1. The summed E-state index contributed by atoms with van der Waals surface area (Å²) in [6.07, 6.45) is -0.270. The van der Waals surface area contributed by atoms with Crippen LogP contribution in [0.15, 0.2) is 27.6 Å². The molecule has 9 heteroatoms. The minimum Gasteiger partial charge on any atom is -0.480 e. The summed E-state index contributed by atoms with van der Waals surface area (Å²) in [7, 11) is -4.13. The van der Waals surface area contributed by atoms with Gasteiger partial charge in [0.15, 0.2) is 0 Å². The number of carboxylic acids is 1. The molecule has 1 rings (SSSR count). The van der Waals surface area contributed by atoms with Crippen LogP contribution in [0.5, 0.6) is 0 Å². The zero-order chi connectivity index (χ0) is 14.6. The molecule has 0 aliphatic carbocycles. The van der Waals surface area contributed by atoms with Gasteiger partial charge in [0.2, 0.25) is 10.0 Å². The molecule has 0 unspecified atom stereocenters. The summed E-state index contributed by atoms with van der Waals surface area (Å²) in [5, 5.41) is 17.5. The van der Waals surface area contributed by atoms with Crippen molar-refractivity contribution in [1.29, 1.82) is 0 Å². The minimum atomic E-state index is -4.13. The number of carbonyl (C=O) groups is 1. The molecule has 0 aromatic heterocycles. The molecule has 0 saturated carbocycles. The standard InChI is InChI=1S/C10H11BrFNO5S/c11-7-5-6(12)1-2-9(7)19(17,18)13-8(3-4-14)10(15)16/h1-2,5,8,13-14H,3-4H2,(H,15,16)/t8-/m0/s1. The predicted octanol–water partition coefficient (Wildman–Crippen LogP) is 0.702. The topological polar surface area (TPSA) is 104 Å². The Morgan fingerprint density at radius 1 is 1.47 bits per heavy atom. The third-order valence-electron chi connectivity index (χ3n) is 2.20. The van der Waals surface area contributed by atoms with Gasteiger partial charge in [-0.15, -0.1) is 0 Å². The Morgan fingerprint density at radius 3 is 2.58 bits per heavy atom. The van der Waals surface area contributed by atoms with E-state index in [1.54, 1.807) is 0 Å². The number of halogens is 2. The van der Waals surface area contributed by atoms with Gasteiger partial charge in [-0.25, -0.2) is 12.8 Å². The zero-order valence-electron chi connectivity index (χ0n) is 9.51. The van der Waals surface area contributed by atoms with Gasteiger partial charge in [0.1, 0.15) is 11.9 Å². The van der Waals surface area contributed by atoms with E-state index in [1.165, 1.54) is 0 Å². The highest BCUT2D eigenvalue weighted by atomic mass is 79.9. The number of hydrogen-bond donors (Lipinski definition) is 3. The molecule has 6 nitrogen and oxygen atoms in total. The Hall–Kier alpha value is -1.03. The number of hydrogen-bond acceptors (Lipinski definition) is 4. The molecule has 0 fully saturated rings. The van der Waals surface area contributed by atoms with Crippen molar-refractivity contribution < 1.29 is 27.8 Å². The first-order chi connectivity index (χ1) is 8.77. The molecule has 19 heavy (non-hydrogen) atoms. The molecule has 0 aliphatic heterocycles. The van der Waals surface area contributed by atoms with E-state index in [1.807, 2.05) is 4.72 Å². The molecule has 0 amide bonds. The van der Waals surface area contributed by atoms with E-state index in [0.717, 1.165) is 18.2 Å². The summed E-state index contributed by atoms with van der Waals surface area (Å²) >= 11 is 2.89. The second kappa shape index (κ2) is 6.42. The molecule has 1 atom stereocenters. The Labute approximate surface area is 117 Å². The summed E-state index contributed by atoms with van der Waals surface area (Å²) in [6, 6.07) is 1.46. The van der Waals surface area contributed by atoms with Crippen LogP contribution in [0.4, 0.5) is 4.39 Å². The summed E-state index contributed by atoms with van der Waals surface area (Å²) < 4.78 is 38.7. The van der Waals surface area contributed by atoms with Gasteiger partial charge < -0.3 is 10.2 Å². The molecule has 0 heterocycles. The highest BCUT2D eigenvalue weighted by Gasteiger charge is 2.26. The molecule has 0 saturated heterocycles. The van der Waals surface area contributed by atoms with Gasteiger partial charge in [-0.3, -0.25) is 4.79 Å². The van der Waals surface area contributed by atoms with Crippen molar-refractivity contribution in [3.05, 3.63) is 28.5 Å². The van der Waals surface area contributed by atoms with Crippen LogP contribution >= 0.6 is 15.9 Å². The first kappa shape index (κ1) is 16.0. The van der Waals surface area contributed by atoms with Gasteiger partial charge in [-0.1, -0.05) is 0 Å². The van der Waals surface area contributed by atoms with Crippen molar-refractivity contribution in [3.8, 4) is 0 Å². The average molecular weight is 356 g/mol. The second-order valence-electron chi connectivity index (χ2n) is 3.60. The van der Waals surface area contributed by atoms with Crippen LogP contribution in [0.25, 0.3) is 0 Å². The fourth-order valence-electron chi connectivity index (χ4n) is 1.31. The second-order valence-corrected chi connectivity index (χ2v) is 6.14. The molecular formula is C10H11BrFNO5S.